The van der Waals surface area contributed by atoms with Crippen molar-refractivity contribution in [2.75, 3.05) is 0 Å². The van der Waals surface area contributed by atoms with Gasteiger partial charge in [0.2, 0.25) is 0 Å². The van der Waals surface area contributed by atoms with Crippen LogP contribution in [0.25, 0.3) is 0 Å². The van der Waals surface area contributed by atoms with Crippen molar-refractivity contribution in [3.63, 3.8) is 0 Å². The van der Waals surface area contributed by atoms with Gasteiger partial charge in [0.05, 0.1) is 23.8 Å². The molecule has 9 aromatic rings. The summed E-state index contributed by atoms with van der Waals surface area (Å²) in [5.41, 5.74) is 0. The van der Waals surface area contributed by atoms with Crippen LogP contribution < -0.4 is 47.7 Å². The number of halogens is 3. The molecule has 0 N–H and O–H groups in total. The first-order chi connectivity index (χ1) is 30.1. The number of hydrogen-bond donors (Lipinski definition) is 0. The van der Waals surface area contributed by atoms with Crippen LogP contribution in [0.4, 0.5) is 13.2 Å². The van der Waals surface area contributed by atoms with Crippen LogP contribution in [0.3, 0.4) is 0 Å². The van der Waals surface area contributed by atoms with Crippen LogP contribution >= 0.6 is 23.8 Å². The molecule has 9 aromatic carbocycles. The Balaban J connectivity index is 0.000000167. The second-order valence-corrected chi connectivity index (χ2v) is 21.1. The number of rotatable bonds is 9. The number of benzene rings is 9. The number of hydrogen-bond acceptors (Lipinski definition) is 0. The van der Waals surface area contributed by atoms with Crippen LogP contribution in [0.5, 0.6) is 0 Å². The van der Waals surface area contributed by atoms with Crippen LogP contribution in [-0.2, 0) is 17.1 Å². The smallest absolute Gasteiger partial charge is 0.162 e. The Morgan fingerprint density at radius 3 is 0.355 bits per heavy atom. The first-order valence-corrected chi connectivity index (χ1v) is 24.5. The molecule has 0 amide bonds. The van der Waals surface area contributed by atoms with Crippen LogP contribution in [-0.4, -0.2) is 0 Å². The molecule has 0 aliphatic rings. The molecule has 0 saturated heterocycles. The Morgan fingerprint density at radius 2 is 0.274 bits per heavy atom. The van der Waals surface area contributed by atoms with Gasteiger partial charge in [-0.1, -0.05) is 164 Å². The average molecular weight is 922 g/mol. The van der Waals surface area contributed by atoms with Crippen molar-refractivity contribution >= 4 is 71.5 Å². The van der Waals surface area contributed by atoms with Gasteiger partial charge in [0.25, 0.3) is 0 Å². The summed E-state index contributed by atoms with van der Waals surface area (Å²) >= 11 is 0. The molecule has 62 heavy (non-hydrogen) atoms. The van der Waals surface area contributed by atoms with Gasteiger partial charge in [-0.2, -0.15) is 13.2 Å². The first kappa shape index (κ1) is 47.6. The van der Waals surface area contributed by atoms with Gasteiger partial charge < -0.3 is 0 Å². The van der Waals surface area contributed by atoms with Gasteiger partial charge in [-0.15, -0.1) is 0 Å². The van der Waals surface area contributed by atoms with Crippen molar-refractivity contribution in [3.05, 3.63) is 280 Å². The second-order valence-electron chi connectivity index (χ2n) is 13.6. The van der Waals surface area contributed by atoms with E-state index in [0.29, 0.717) is 0 Å². The Hall–Kier alpha value is -5.42. The van der Waals surface area contributed by atoms with Crippen LogP contribution in [0.15, 0.2) is 273 Å². The van der Waals surface area contributed by atoms with E-state index in [0.717, 1.165) is 0 Å². The van der Waals surface area contributed by atoms with Gasteiger partial charge in [0.1, 0.15) is 47.7 Å². The molecular formula is C55H48CuF3P3+3. The molecule has 0 unspecified atom stereocenters. The standard InChI is InChI=1S/3C18H15P.CF3.Cu/c3*1-4-10-16(11-5-1)19(17-12-6-2-7-13-17)18-14-8-3-9-15-18;2-1(3)4;/h3*1-15H;;/p+3. The molecule has 9 rings (SSSR count). The summed E-state index contributed by atoms with van der Waals surface area (Å²) in [6.45, 7) is -3.08. The molecule has 0 atom stereocenters. The molecule has 0 nitrogen and oxygen atoms in total. The summed E-state index contributed by atoms with van der Waals surface area (Å²) < 4.78 is 28.8. The third kappa shape index (κ3) is 14.9. The molecule has 2 radical (unpaired) electrons. The predicted molar refractivity (Wildman–Crippen MR) is 266 cm³/mol. The fourth-order valence-electron chi connectivity index (χ4n) is 6.94. The van der Waals surface area contributed by atoms with Crippen molar-refractivity contribution in [2.45, 2.75) is 0 Å². The van der Waals surface area contributed by atoms with E-state index in [-0.39, 0.29) is 17.1 Å². The fourth-order valence-corrected chi connectivity index (χ4v) is 14.7. The van der Waals surface area contributed by atoms with E-state index < -0.39 is 30.4 Å². The summed E-state index contributed by atoms with van der Waals surface area (Å²) in [7, 11) is -2.63. The van der Waals surface area contributed by atoms with E-state index in [1.807, 2.05) is 0 Å². The largest absolute Gasteiger partial charge is 0.487 e. The van der Waals surface area contributed by atoms with Crippen LogP contribution in [0, 0.1) is 6.68 Å². The van der Waals surface area contributed by atoms with E-state index in [1.165, 1.54) is 47.7 Å². The zero-order valence-corrected chi connectivity index (χ0v) is 37.9. The molecule has 0 heterocycles. The molecule has 0 aliphatic heterocycles. The van der Waals surface area contributed by atoms with E-state index in [9.17, 15) is 13.2 Å². The Kier molecular flexibility index (Phi) is 20.6. The average Bonchev–Trinajstić information content (AvgIpc) is 3.33. The Morgan fingerprint density at radius 1 is 0.194 bits per heavy atom. The van der Waals surface area contributed by atoms with Crippen molar-refractivity contribution in [3.8, 4) is 0 Å². The third-order valence-electron chi connectivity index (χ3n) is 9.56. The summed E-state index contributed by atoms with van der Waals surface area (Å²) in [5, 5.41) is 12.9. The molecule has 0 aromatic heterocycles. The van der Waals surface area contributed by atoms with Gasteiger partial charge in [-0.3, -0.25) is 0 Å². The minimum absolute atomic E-state index is 0. The molecule has 0 fully saturated rings. The molecular weight excluding hydrogens is 874 g/mol. The topological polar surface area (TPSA) is 0 Å². The minimum atomic E-state index is -3.08. The maximum Gasteiger partial charge on any atom is 0.487 e. The Labute approximate surface area is 379 Å². The quantitative estimate of drug-likeness (QED) is 0.1000. The SMILES string of the molecule is F[C](F)F.[Cu].c1ccc([PH+](c2ccccc2)c2ccccc2)cc1.c1ccc([PH+](c2ccccc2)c2ccccc2)cc1.c1ccc([PH+](c2ccccc2)c2ccccc2)cc1. The van der Waals surface area contributed by atoms with Gasteiger partial charge in [0, 0.05) is 17.1 Å². The van der Waals surface area contributed by atoms with E-state index in [1.54, 1.807) is 0 Å². The minimum Gasteiger partial charge on any atom is -0.162 e. The van der Waals surface area contributed by atoms with Gasteiger partial charge in [0.15, 0.2) is 0 Å². The van der Waals surface area contributed by atoms with Gasteiger partial charge in [-0.05, 0) is 109 Å². The van der Waals surface area contributed by atoms with Crippen LogP contribution in [0.2, 0.25) is 0 Å². The fraction of sp³-hybridized carbons (Fsp3) is 0. The molecule has 0 bridgehead atoms. The van der Waals surface area contributed by atoms with Crippen molar-refractivity contribution in [1.29, 1.82) is 0 Å². The predicted octanol–water partition coefficient (Wildman–Crippen LogP) is 10.9. The molecule has 0 spiro atoms. The zero-order chi connectivity index (χ0) is 42.3. The Bertz CT molecular complexity index is 1930. The van der Waals surface area contributed by atoms with Crippen LogP contribution in [0.1, 0.15) is 0 Å². The van der Waals surface area contributed by atoms with E-state index in [2.05, 4.69) is 273 Å². The van der Waals surface area contributed by atoms with E-state index in [4.69, 9.17) is 0 Å². The molecule has 0 saturated carbocycles. The summed E-state index contributed by atoms with van der Waals surface area (Å²) in [6.07, 6.45) is 0. The molecule has 0 aliphatic carbocycles. The normalized spacial score (nSPS) is 10.3. The summed E-state index contributed by atoms with van der Waals surface area (Å²) in [5.74, 6) is 0. The maximum atomic E-state index is 9.58. The van der Waals surface area contributed by atoms with E-state index >= 15 is 0 Å². The maximum absolute atomic E-state index is 9.58. The van der Waals surface area contributed by atoms with Gasteiger partial charge >= 0.3 is 6.68 Å². The third-order valence-corrected chi connectivity index (χ3v) is 17.8. The zero-order valence-electron chi connectivity index (χ0n) is 33.9. The molecule has 7 heteroatoms. The first-order valence-electron chi connectivity index (χ1n) is 20.0. The van der Waals surface area contributed by atoms with Crippen molar-refractivity contribution in [1.82, 2.24) is 0 Å². The van der Waals surface area contributed by atoms with Crippen molar-refractivity contribution < 1.29 is 30.2 Å². The summed E-state index contributed by atoms with van der Waals surface area (Å²) in [4.78, 5) is 0. The van der Waals surface area contributed by atoms with Crippen molar-refractivity contribution in [2.24, 2.45) is 0 Å². The monoisotopic (exact) mass is 921 g/mol. The second kappa shape index (κ2) is 26.8. The molecule has 312 valence electrons. The summed E-state index contributed by atoms with van der Waals surface area (Å²) in [6, 6.07) is 97.5. The van der Waals surface area contributed by atoms with Gasteiger partial charge in [-0.25, -0.2) is 0 Å².